The number of aromatic nitrogens is 3. The van der Waals surface area contributed by atoms with Gasteiger partial charge >= 0.3 is 0 Å². The van der Waals surface area contributed by atoms with Gasteiger partial charge in [-0.05, 0) is 12.8 Å². The molecule has 0 saturated heterocycles. The third-order valence-electron chi connectivity index (χ3n) is 2.47. The van der Waals surface area contributed by atoms with Crippen molar-refractivity contribution in [2.75, 3.05) is 13.1 Å². The monoisotopic (exact) mass is 224 g/mol. The second-order valence-corrected chi connectivity index (χ2v) is 3.83. The van der Waals surface area contributed by atoms with Crippen molar-refractivity contribution in [3.05, 3.63) is 12.2 Å². The summed E-state index contributed by atoms with van der Waals surface area (Å²) >= 11 is 0. The Bertz CT molecular complexity index is 289. The van der Waals surface area contributed by atoms with Gasteiger partial charge in [-0.2, -0.15) is 5.10 Å². The van der Waals surface area contributed by atoms with Crippen LogP contribution in [0.5, 0.6) is 0 Å². The van der Waals surface area contributed by atoms with Crippen molar-refractivity contribution in [1.29, 1.82) is 0 Å². The maximum absolute atomic E-state index is 12.0. The molecule has 0 fully saturated rings. The predicted molar refractivity (Wildman–Crippen MR) is 62.1 cm³/mol. The average Bonchev–Trinajstić information content (AvgIpc) is 2.82. The molecule has 16 heavy (non-hydrogen) atoms. The van der Waals surface area contributed by atoms with Gasteiger partial charge in [0.1, 0.15) is 6.33 Å². The number of H-pyrrole nitrogens is 1. The first kappa shape index (κ1) is 12.7. The van der Waals surface area contributed by atoms with Crippen molar-refractivity contribution in [2.24, 2.45) is 0 Å². The van der Waals surface area contributed by atoms with Crippen LogP contribution >= 0.6 is 0 Å². The van der Waals surface area contributed by atoms with Crippen LogP contribution in [0.2, 0.25) is 0 Å². The normalized spacial score (nSPS) is 10.4. The van der Waals surface area contributed by atoms with E-state index in [1.807, 2.05) is 4.90 Å². The molecule has 0 atom stereocenters. The zero-order chi connectivity index (χ0) is 11.8. The van der Waals surface area contributed by atoms with Gasteiger partial charge in [-0.1, -0.05) is 26.7 Å². The standard InChI is InChI=1S/C11H20N4O/c1-3-5-7-15(8-6-4-2)11(16)10-12-9-13-14-10/h9H,3-8H2,1-2H3,(H,12,13,14). The fraction of sp³-hybridized carbons (Fsp3) is 0.727. The van der Waals surface area contributed by atoms with E-state index in [9.17, 15) is 4.79 Å². The summed E-state index contributed by atoms with van der Waals surface area (Å²) in [5, 5.41) is 6.32. The average molecular weight is 224 g/mol. The highest BCUT2D eigenvalue weighted by atomic mass is 16.2. The van der Waals surface area contributed by atoms with E-state index in [2.05, 4.69) is 29.0 Å². The molecule has 0 aliphatic heterocycles. The van der Waals surface area contributed by atoms with Crippen LogP contribution in [-0.4, -0.2) is 39.1 Å². The highest BCUT2D eigenvalue weighted by molar-refractivity contribution is 5.90. The molecule has 5 nitrogen and oxygen atoms in total. The molecule has 1 aromatic rings. The second kappa shape index (κ2) is 6.98. The zero-order valence-corrected chi connectivity index (χ0v) is 10.1. The second-order valence-electron chi connectivity index (χ2n) is 3.83. The number of nitrogens with one attached hydrogen (secondary N) is 1. The molecule has 0 aliphatic rings. The maximum atomic E-state index is 12.0. The third-order valence-corrected chi connectivity index (χ3v) is 2.47. The van der Waals surface area contributed by atoms with Crippen molar-refractivity contribution in [3.63, 3.8) is 0 Å². The van der Waals surface area contributed by atoms with Crippen LogP contribution in [0.15, 0.2) is 6.33 Å². The van der Waals surface area contributed by atoms with Crippen LogP contribution in [0.1, 0.15) is 50.1 Å². The molecular formula is C11H20N4O. The van der Waals surface area contributed by atoms with Gasteiger partial charge in [0.05, 0.1) is 0 Å². The van der Waals surface area contributed by atoms with Crippen molar-refractivity contribution in [1.82, 2.24) is 20.1 Å². The van der Waals surface area contributed by atoms with Crippen molar-refractivity contribution >= 4 is 5.91 Å². The first-order chi connectivity index (χ1) is 7.79. The van der Waals surface area contributed by atoms with E-state index in [1.165, 1.54) is 6.33 Å². The van der Waals surface area contributed by atoms with E-state index < -0.39 is 0 Å². The van der Waals surface area contributed by atoms with Gasteiger partial charge < -0.3 is 4.90 Å². The fourth-order valence-electron chi connectivity index (χ4n) is 1.47. The summed E-state index contributed by atoms with van der Waals surface area (Å²) < 4.78 is 0. The summed E-state index contributed by atoms with van der Waals surface area (Å²) in [6.45, 7) is 5.85. The number of hydrogen-bond acceptors (Lipinski definition) is 3. The molecule has 90 valence electrons. The summed E-state index contributed by atoms with van der Waals surface area (Å²) in [5.74, 6) is 0.298. The molecule has 1 rings (SSSR count). The number of carbonyl (C=O) groups is 1. The lowest BCUT2D eigenvalue weighted by atomic mass is 10.2. The Morgan fingerprint density at radius 2 is 1.94 bits per heavy atom. The smallest absolute Gasteiger partial charge is 0.291 e. The number of rotatable bonds is 7. The van der Waals surface area contributed by atoms with Crippen LogP contribution in [0, 0.1) is 0 Å². The van der Waals surface area contributed by atoms with Gasteiger partial charge in [0.15, 0.2) is 0 Å². The molecule has 1 heterocycles. The van der Waals surface area contributed by atoms with Gasteiger partial charge in [-0.25, -0.2) is 4.98 Å². The Hall–Kier alpha value is -1.39. The molecule has 0 spiro atoms. The molecule has 1 aromatic heterocycles. The van der Waals surface area contributed by atoms with E-state index in [-0.39, 0.29) is 5.91 Å². The van der Waals surface area contributed by atoms with E-state index in [4.69, 9.17) is 0 Å². The number of carbonyl (C=O) groups excluding carboxylic acids is 1. The Morgan fingerprint density at radius 1 is 1.31 bits per heavy atom. The Morgan fingerprint density at radius 3 is 2.38 bits per heavy atom. The number of hydrogen-bond donors (Lipinski definition) is 1. The molecule has 5 heteroatoms. The van der Waals surface area contributed by atoms with Gasteiger partial charge in [-0.3, -0.25) is 9.89 Å². The Balaban J connectivity index is 2.56. The summed E-state index contributed by atoms with van der Waals surface area (Å²) in [5.41, 5.74) is 0. The largest absolute Gasteiger partial charge is 0.336 e. The minimum atomic E-state index is -0.0422. The highest BCUT2D eigenvalue weighted by Crippen LogP contribution is 2.03. The molecule has 0 saturated carbocycles. The van der Waals surface area contributed by atoms with Crippen LogP contribution in [0.3, 0.4) is 0 Å². The van der Waals surface area contributed by atoms with Crippen molar-refractivity contribution in [3.8, 4) is 0 Å². The lowest BCUT2D eigenvalue weighted by Gasteiger charge is -2.20. The lowest BCUT2D eigenvalue weighted by molar-refractivity contribution is 0.0739. The van der Waals surface area contributed by atoms with Crippen LogP contribution in [0.4, 0.5) is 0 Å². The van der Waals surface area contributed by atoms with Gasteiger partial charge in [-0.15, -0.1) is 0 Å². The number of aromatic amines is 1. The highest BCUT2D eigenvalue weighted by Gasteiger charge is 2.16. The quantitative estimate of drug-likeness (QED) is 0.768. The topological polar surface area (TPSA) is 61.9 Å². The molecule has 1 amide bonds. The summed E-state index contributed by atoms with van der Waals surface area (Å²) in [4.78, 5) is 17.8. The van der Waals surface area contributed by atoms with E-state index >= 15 is 0 Å². The summed E-state index contributed by atoms with van der Waals surface area (Å²) in [7, 11) is 0. The molecule has 1 N–H and O–H groups in total. The van der Waals surface area contributed by atoms with Crippen LogP contribution < -0.4 is 0 Å². The fourth-order valence-corrected chi connectivity index (χ4v) is 1.47. The SMILES string of the molecule is CCCCN(CCCC)C(=O)c1ncn[nH]1. The maximum Gasteiger partial charge on any atom is 0.291 e. The molecule has 0 radical (unpaired) electrons. The third kappa shape index (κ3) is 3.64. The molecular weight excluding hydrogens is 204 g/mol. The van der Waals surface area contributed by atoms with E-state index in [1.54, 1.807) is 0 Å². The van der Waals surface area contributed by atoms with Crippen LogP contribution in [-0.2, 0) is 0 Å². The summed E-state index contributed by atoms with van der Waals surface area (Å²) in [6, 6.07) is 0. The van der Waals surface area contributed by atoms with E-state index in [0.29, 0.717) is 5.82 Å². The van der Waals surface area contributed by atoms with Gasteiger partial charge in [0, 0.05) is 13.1 Å². The number of amides is 1. The number of nitrogens with zero attached hydrogens (tertiary/aromatic N) is 3. The molecule has 0 aliphatic carbocycles. The minimum absolute atomic E-state index is 0.0422. The Labute approximate surface area is 96.3 Å². The number of unbranched alkanes of at least 4 members (excludes halogenated alkanes) is 2. The van der Waals surface area contributed by atoms with Crippen molar-refractivity contribution in [2.45, 2.75) is 39.5 Å². The van der Waals surface area contributed by atoms with Crippen molar-refractivity contribution < 1.29 is 4.79 Å². The first-order valence-corrected chi connectivity index (χ1v) is 5.94. The molecule has 0 bridgehead atoms. The lowest BCUT2D eigenvalue weighted by Crippen LogP contribution is -2.33. The van der Waals surface area contributed by atoms with Gasteiger partial charge in [0.2, 0.25) is 5.82 Å². The predicted octanol–water partition coefficient (Wildman–Crippen LogP) is 1.85. The molecule has 0 aromatic carbocycles. The van der Waals surface area contributed by atoms with Crippen LogP contribution in [0.25, 0.3) is 0 Å². The van der Waals surface area contributed by atoms with E-state index in [0.717, 1.165) is 38.8 Å². The zero-order valence-electron chi connectivity index (χ0n) is 10.1. The minimum Gasteiger partial charge on any atom is -0.336 e. The first-order valence-electron chi connectivity index (χ1n) is 5.94. The Kier molecular flexibility index (Phi) is 5.53. The van der Waals surface area contributed by atoms with Gasteiger partial charge in [0.25, 0.3) is 5.91 Å². The molecule has 0 unspecified atom stereocenters. The summed E-state index contributed by atoms with van der Waals surface area (Å²) in [6.07, 6.45) is 5.61.